The zero-order chi connectivity index (χ0) is 15.5. The lowest BCUT2D eigenvalue weighted by atomic mass is 9.74. The first-order chi connectivity index (χ1) is 9.97. The minimum Gasteiger partial charge on any atom is -0.396 e. The Kier molecular flexibility index (Phi) is 5.00. The maximum Gasteiger partial charge on any atom is 0.295 e. The summed E-state index contributed by atoms with van der Waals surface area (Å²) in [6, 6.07) is 2.04. The van der Waals surface area contributed by atoms with Gasteiger partial charge in [-0.3, -0.25) is 10.1 Å². The number of rotatable bonds is 5. The molecule has 0 heterocycles. The standard InChI is InChI=1S/C14H18ClFN2O3/c15-10-6-12(13(18(20)21)7-11(10)16)17-8-14(9-19)4-2-1-3-5-14/h6-7,17,19H,1-5,8-9H2. The zero-order valence-corrected chi connectivity index (χ0v) is 12.3. The van der Waals surface area contributed by atoms with Crippen LogP contribution in [-0.4, -0.2) is 23.2 Å². The van der Waals surface area contributed by atoms with E-state index in [4.69, 9.17) is 11.6 Å². The van der Waals surface area contributed by atoms with Gasteiger partial charge in [0.25, 0.3) is 5.69 Å². The summed E-state index contributed by atoms with van der Waals surface area (Å²) >= 11 is 5.69. The Labute approximate surface area is 127 Å². The summed E-state index contributed by atoms with van der Waals surface area (Å²) in [6.07, 6.45) is 4.96. The normalized spacial score (nSPS) is 17.5. The van der Waals surface area contributed by atoms with E-state index in [1.165, 1.54) is 6.07 Å². The van der Waals surface area contributed by atoms with Crippen LogP contribution >= 0.6 is 11.6 Å². The second kappa shape index (κ2) is 6.58. The molecule has 0 amide bonds. The number of anilines is 1. The van der Waals surface area contributed by atoms with E-state index in [0.717, 1.165) is 38.2 Å². The van der Waals surface area contributed by atoms with Gasteiger partial charge in [0.2, 0.25) is 0 Å². The molecule has 1 aliphatic rings. The molecule has 0 atom stereocenters. The molecule has 21 heavy (non-hydrogen) atoms. The Hall–Kier alpha value is -1.40. The highest BCUT2D eigenvalue weighted by Crippen LogP contribution is 2.37. The van der Waals surface area contributed by atoms with Crippen LogP contribution < -0.4 is 5.32 Å². The van der Waals surface area contributed by atoms with Gasteiger partial charge in [0.1, 0.15) is 11.5 Å². The Morgan fingerprint density at radius 2 is 2.05 bits per heavy atom. The van der Waals surface area contributed by atoms with Crippen LogP contribution in [0, 0.1) is 21.3 Å². The molecule has 0 saturated heterocycles. The number of nitrogens with one attached hydrogen (secondary N) is 1. The molecule has 1 aliphatic carbocycles. The fraction of sp³-hybridized carbons (Fsp3) is 0.571. The molecule has 0 spiro atoms. The van der Waals surface area contributed by atoms with Gasteiger partial charge in [-0.05, 0) is 18.9 Å². The SMILES string of the molecule is O=[N+]([O-])c1cc(F)c(Cl)cc1NCC1(CO)CCCCC1. The first kappa shape index (κ1) is 16.0. The van der Waals surface area contributed by atoms with Gasteiger partial charge >= 0.3 is 0 Å². The number of aliphatic hydroxyl groups is 1. The lowest BCUT2D eigenvalue weighted by molar-refractivity contribution is -0.384. The lowest BCUT2D eigenvalue weighted by Crippen LogP contribution is -2.35. The van der Waals surface area contributed by atoms with Gasteiger partial charge in [-0.15, -0.1) is 0 Å². The fourth-order valence-electron chi connectivity index (χ4n) is 2.80. The summed E-state index contributed by atoms with van der Waals surface area (Å²) in [5.74, 6) is -0.816. The number of hydrogen-bond donors (Lipinski definition) is 2. The zero-order valence-electron chi connectivity index (χ0n) is 11.6. The first-order valence-electron chi connectivity index (χ1n) is 6.96. The molecule has 5 nitrogen and oxygen atoms in total. The van der Waals surface area contributed by atoms with Crippen LogP contribution in [-0.2, 0) is 0 Å². The molecular formula is C14H18ClFN2O3. The van der Waals surface area contributed by atoms with E-state index in [0.29, 0.717) is 6.54 Å². The summed E-state index contributed by atoms with van der Waals surface area (Å²) in [5.41, 5.74) is -0.432. The van der Waals surface area contributed by atoms with Gasteiger partial charge in [-0.1, -0.05) is 30.9 Å². The van der Waals surface area contributed by atoms with Crippen molar-refractivity contribution in [2.75, 3.05) is 18.5 Å². The predicted molar refractivity (Wildman–Crippen MR) is 79.2 cm³/mol. The van der Waals surface area contributed by atoms with Crippen molar-refractivity contribution in [1.29, 1.82) is 0 Å². The molecule has 1 fully saturated rings. The third-order valence-corrected chi connectivity index (χ3v) is 4.43. The van der Waals surface area contributed by atoms with E-state index in [-0.39, 0.29) is 28.4 Å². The average Bonchev–Trinajstić information content (AvgIpc) is 2.48. The number of nitro benzene ring substituents is 1. The molecule has 0 bridgehead atoms. The van der Waals surface area contributed by atoms with Gasteiger partial charge in [0, 0.05) is 12.0 Å². The minimum absolute atomic E-state index is 0.0305. The van der Waals surface area contributed by atoms with Crippen LogP contribution in [0.1, 0.15) is 32.1 Å². The highest BCUT2D eigenvalue weighted by atomic mass is 35.5. The molecule has 1 saturated carbocycles. The van der Waals surface area contributed by atoms with E-state index in [1.807, 2.05) is 0 Å². The Morgan fingerprint density at radius 1 is 1.38 bits per heavy atom. The average molecular weight is 317 g/mol. The molecule has 7 heteroatoms. The second-order valence-corrected chi connectivity index (χ2v) is 6.02. The summed E-state index contributed by atoms with van der Waals surface area (Å²) in [6.45, 7) is 0.440. The first-order valence-corrected chi connectivity index (χ1v) is 7.33. The Morgan fingerprint density at radius 3 is 2.62 bits per heavy atom. The second-order valence-electron chi connectivity index (χ2n) is 5.61. The Balaban J connectivity index is 2.18. The van der Waals surface area contributed by atoms with Gasteiger partial charge < -0.3 is 10.4 Å². The molecule has 2 rings (SSSR count). The van der Waals surface area contributed by atoms with Crippen LogP contribution in [0.5, 0.6) is 0 Å². The molecule has 0 aliphatic heterocycles. The number of halogens is 2. The largest absolute Gasteiger partial charge is 0.396 e. The van der Waals surface area contributed by atoms with Crippen LogP contribution in [0.2, 0.25) is 5.02 Å². The maximum atomic E-state index is 13.4. The highest BCUT2D eigenvalue weighted by molar-refractivity contribution is 6.31. The van der Waals surface area contributed by atoms with E-state index >= 15 is 0 Å². The summed E-state index contributed by atoms with van der Waals surface area (Å²) in [7, 11) is 0. The number of nitro groups is 1. The third kappa shape index (κ3) is 3.63. The van der Waals surface area contributed by atoms with Crippen molar-refractivity contribution in [3.8, 4) is 0 Å². The molecule has 1 aromatic rings. The molecule has 2 N–H and O–H groups in total. The van der Waals surface area contributed by atoms with Crippen LogP contribution in [0.3, 0.4) is 0 Å². The quantitative estimate of drug-likeness (QED) is 0.641. The van der Waals surface area contributed by atoms with E-state index in [2.05, 4.69) is 5.32 Å². The van der Waals surface area contributed by atoms with Crippen molar-refractivity contribution >= 4 is 23.0 Å². The molecule has 0 aromatic heterocycles. The minimum atomic E-state index is -0.816. The highest BCUT2D eigenvalue weighted by Gasteiger charge is 2.32. The van der Waals surface area contributed by atoms with Gasteiger partial charge in [0.15, 0.2) is 0 Å². The van der Waals surface area contributed by atoms with Crippen LogP contribution in [0.25, 0.3) is 0 Å². The molecule has 1 aromatic carbocycles. The monoisotopic (exact) mass is 316 g/mol. The topological polar surface area (TPSA) is 75.4 Å². The third-order valence-electron chi connectivity index (χ3n) is 4.14. The Bertz CT molecular complexity index is 533. The van der Waals surface area contributed by atoms with Crippen molar-refractivity contribution in [2.24, 2.45) is 5.41 Å². The number of aliphatic hydroxyl groups excluding tert-OH is 1. The molecule has 0 radical (unpaired) electrons. The van der Waals surface area contributed by atoms with Gasteiger partial charge in [-0.2, -0.15) is 0 Å². The van der Waals surface area contributed by atoms with Crippen molar-refractivity contribution in [3.05, 3.63) is 33.1 Å². The lowest BCUT2D eigenvalue weighted by Gasteiger charge is -2.35. The predicted octanol–water partition coefficient (Wildman–Crippen LogP) is 3.74. The summed E-state index contributed by atoms with van der Waals surface area (Å²) < 4.78 is 13.4. The summed E-state index contributed by atoms with van der Waals surface area (Å²) in [4.78, 5) is 10.3. The van der Waals surface area contributed by atoms with E-state index < -0.39 is 10.7 Å². The molecular weight excluding hydrogens is 299 g/mol. The fourth-order valence-corrected chi connectivity index (χ4v) is 2.97. The van der Waals surface area contributed by atoms with Crippen LogP contribution in [0.4, 0.5) is 15.8 Å². The number of hydrogen-bond acceptors (Lipinski definition) is 4. The number of nitrogens with zero attached hydrogens (tertiary/aromatic N) is 1. The van der Waals surface area contributed by atoms with Crippen molar-refractivity contribution in [2.45, 2.75) is 32.1 Å². The van der Waals surface area contributed by atoms with E-state index in [1.54, 1.807) is 0 Å². The van der Waals surface area contributed by atoms with Crippen molar-refractivity contribution in [1.82, 2.24) is 0 Å². The smallest absolute Gasteiger partial charge is 0.295 e. The molecule has 116 valence electrons. The number of benzene rings is 1. The van der Waals surface area contributed by atoms with Crippen molar-refractivity contribution < 1.29 is 14.4 Å². The molecule has 0 unspecified atom stereocenters. The van der Waals surface area contributed by atoms with Gasteiger partial charge in [-0.25, -0.2) is 4.39 Å². The van der Waals surface area contributed by atoms with Gasteiger partial charge in [0.05, 0.1) is 22.6 Å². The van der Waals surface area contributed by atoms with Crippen molar-refractivity contribution in [3.63, 3.8) is 0 Å². The van der Waals surface area contributed by atoms with Crippen LogP contribution in [0.15, 0.2) is 12.1 Å². The summed E-state index contributed by atoms with van der Waals surface area (Å²) in [5, 5.41) is 23.4. The van der Waals surface area contributed by atoms with E-state index in [9.17, 15) is 19.6 Å². The maximum absolute atomic E-state index is 13.4.